The van der Waals surface area contributed by atoms with Gasteiger partial charge in [0.15, 0.2) is 5.78 Å². The van der Waals surface area contributed by atoms with Gasteiger partial charge in [-0.05, 0) is 23.3 Å². The molecule has 2 aromatic carbocycles. The smallest absolute Gasteiger partial charge is 0.193 e. The maximum Gasteiger partial charge on any atom is 0.193 e. The summed E-state index contributed by atoms with van der Waals surface area (Å²) in [5, 5.41) is 21.5. The molecule has 0 spiro atoms. The monoisotopic (exact) mass is 296 g/mol. The number of aliphatic carboxylic acids is 2. The maximum absolute atomic E-state index is 12.4. The molecule has 0 saturated heterocycles. The predicted octanol–water partition coefficient (Wildman–Crippen LogP) is -0.498. The second-order valence-electron chi connectivity index (χ2n) is 4.83. The lowest BCUT2D eigenvalue weighted by Gasteiger charge is -2.11. The van der Waals surface area contributed by atoms with Crippen LogP contribution in [-0.2, 0) is 22.4 Å². The minimum atomic E-state index is -1.30. The fourth-order valence-corrected chi connectivity index (χ4v) is 2.19. The number of rotatable bonds is 6. The van der Waals surface area contributed by atoms with E-state index in [2.05, 4.69) is 0 Å². The summed E-state index contributed by atoms with van der Waals surface area (Å²) < 4.78 is 0. The zero-order valence-corrected chi connectivity index (χ0v) is 11.6. The lowest BCUT2D eigenvalue weighted by molar-refractivity contribution is -0.305. The van der Waals surface area contributed by atoms with Crippen LogP contribution in [0.1, 0.15) is 27.0 Å². The molecule has 2 rings (SSSR count). The van der Waals surface area contributed by atoms with Gasteiger partial charge in [-0.15, -0.1) is 0 Å². The standard InChI is InChI=1S/C17H14O5/c18-15(19)9-11-6-12(10-16(20)21)8-14(7-11)17(22)13-4-2-1-3-5-13/h1-8H,9-10H2,(H,18,19)(H,20,21)/p-2. The van der Waals surface area contributed by atoms with Gasteiger partial charge in [0.2, 0.25) is 0 Å². The van der Waals surface area contributed by atoms with Gasteiger partial charge in [-0.3, -0.25) is 4.79 Å². The van der Waals surface area contributed by atoms with E-state index in [1.165, 1.54) is 18.2 Å². The van der Waals surface area contributed by atoms with Crippen LogP contribution in [0.25, 0.3) is 0 Å². The van der Waals surface area contributed by atoms with Crippen LogP contribution in [0.4, 0.5) is 0 Å². The number of hydrogen-bond donors (Lipinski definition) is 0. The van der Waals surface area contributed by atoms with Crippen LogP contribution in [0.15, 0.2) is 48.5 Å². The Morgan fingerprint density at radius 1 is 0.727 bits per heavy atom. The summed E-state index contributed by atoms with van der Waals surface area (Å²) in [4.78, 5) is 33.9. The summed E-state index contributed by atoms with van der Waals surface area (Å²) in [6.45, 7) is 0. The van der Waals surface area contributed by atoms with Gasteiger partial charge in [0.05, 0.1) is 0 Å². The summed E-state index contributed by atoms with van der Waals surface area (Å²) >= 11 is 0. The Morgan fingerprint density at radius 3 is 1.68 bits per heavy atom. The first-order chi connectivity index (χ1) is 10.5. The first-order valence-corrected chi connectivity index (χ1v) is 6.58. The summed E-state index contributed by atoms with van der Waals surface area (Å²) in [7, 11) is 0. The summed E-state index contributed by atoms with van der Waals surface area (Å²) in [6, 6.07) is 12.7. The summed E-state index contributed by atoms with van der Waals surface area (Å²) in [5.41, 5.74) is 1.31. The molecule has 0 N–H and O–H groups in total. The van der Waals surface area contributed by atoms with Gasteiger partial charge in [0.25, 0.3) is 0 Å². The fourth-order valence-electron chi connectivity index (χ4n) is 2.19. The molecule has 0 fully saturated rings. The van der Waals surface area contributed by atoms with Gasteiger partial charge in [0.1, 0.15) is 0 Å². The van der Waals surface area contributed by atoms with E-state index in [1.807, 2.05) is 0 Å². The van der Waals surface area contributed by atoms with Crippen molar-refractivity contribution in [3.8, 4) is 0 Å². The van der Waals surface area contributed by atoms with E-state index in [1.54, 1.807) is 30.3 Å². The Labute approximate surface area is 126 Å². The molecule has 0 unspecified atom stereocenters. The predicted molar refractivity (Wildman–Crippen MR) is 73.7 cm³/mol. The Hall–Kier alpha value is -2.95. The first kappa shape index (κ1) is 15.4. The molecule has 0 aliphatic carbocycles. The van der Waals surface area contributed by atoms with Crippen molar-refractivity contribution in [3.05, 3.63) is 70.8 Å². The summed E-state index contributed by atoms with van der Waals surface area (Å²) in [5.74, 6) is -2.91. The van der Waals surface area contributed by atoms with Crippen LogP contribution < -0.4 is 10.2 Å². The normalized spacial score (nSPS) is 10.2. The van der Waals surface area contributed by atoms with Crippen molar-refractivity contribution < 1.29 is 24.6 Å². The van der Waals surface area contributed by atoms with E-state index < -0.39 is 24.8 Å². The lowest BCUT2D eigenvalue weighted by Crippen LogP contribution is -2.26. The van der Waals surface area contributed by atoms with Crippen molar-refractivity contribution in [2.24, 2.45) is 0 Å². The third-order valence-corrected chi connectivity index (χ3v) is 3.05. The average Bonchev–Trinajstić information content (AvgIpc) is 2.45. The molecule has 22 heavy (non-hydrogen) atoms. The molecular weight excluding hydrogens is 284 g/mol. The van der Waals surface area contributed by atoms with E-state index in [-0.39, 0.29) is 11.3 Å². The van der Waals surface area contributed by atoms with E-state index in [0.717, 1.165) is 0 Å². The number of carbonyl (C=O) groups is 3. The molecule has 5 heteroatoms. The SMILES string of the molecule is O=C([O-])Cc1cc(CC(=O)[O-])cc(C(=O)c2ccccc2)c1. The van der Waals surface area contributed by atoms with Gasteiger partial charge in [0, 0.05) is 35.9 Å². The van der Waals surface area contributed by atoms with Gasteiger partial charge in [-0.25, -0.2) is 0 Å². The quantitative estimate of drug-likeness (QED) is 0.670. The number of carbonyl (C=O) groups excluding carboxylic acids is 3. The highest BCUT2D eigenvalue weighted by atomic mass is 16.4. The van der Waals surface area contributed by atoms with Crippen LogP contribution in [0.3, 0.4) is 0 Å². The Bertz CT molecular complexity index is 685. The van der Waals surface area contributed by atoms with Crippen LogP contribution in [0, 0.1) is 0 Å². The largest absolute Gasteiger partial charge is 0.550 e. The van der Waals surface area contributed by atoms with Crippen molar-refractivity contribution >= 4 is 17.7 Å². The van der Waals surface area contributed by atoms with Gasteiger partial charge < -0.3 is 19.8 Å². The topological polar surface area (TPSA) is 97.3 Å². The number of carboxylic acid groups (broad SMARTS) is 2. The molecule has 0 saturated carbocycles. The van der Waals surface area contributed by atoms with E-state index >= 15 is 0 Å². The minimum Gasteiger partial charge on any atom is -0.550 e. The molecule has 0 aliphatic rings. The highest BCUT2D eigenvalue weighted by Gasteiger charge is 2.11. The van der Waals surface area contributed by atoms with Crippen LogP contribution in [0.2, 0.25) is 0 Å². The van der Waals surface area contributed by atoms with Crippen molar-refractivity contribution in [1.82, 2.24) is 0 Å². The van der Waals surface area contributed by atoms with Crippen molar-refractivity contribution in [1.29, 1.82) is 0 Å². The molecule has 0 aliphatic heterocycles. The lowest BCUT2D eigenvalue weighted by atomic mass is 9.96. The van der Waals surface area contributed by atoms with E-state index in [4.69, 9.17) is 0 Å². The molecule has 0 aromatic heterocycles. The molecule has 0 amide bonds. The molecule has 5 nitrogen and oxygen atoms in total. The van der Waals surface area contributed by atoms with E-state index in [9.17, 15) is 24.6 Å². The highest BCUT2D eigenvalue weighted by Crippen LogP contribution is 2.16. The Kier molecular flexibility index (Phi) is 4.68. The van der Waals surface area contributed by atoms with Crippen LogP contribution in [-0.4, -0.2) is 17.7 Å². The Morgan fingerprint density at radius 2 is 1.23 bits per heavy atom. The summed E-state index contributed by atoms with van der Waals surface area (Å²) in [6.07, 6.45) is -0.786. The van der Waals surface area contributed by atoms with Crippen LogP contribution >= 0.6 is 0 Å². The third-order valence-electron chi connectivity index (χ3n) is 3.05. The first-order valence-electron chi connectivity index (χ1n) is 6.58. The Balaban J connectivity index is 2.42. The van der Waals surface area contributed by atoms with E-state index in [0.29, 0.717) is 16.7 Å². The molecule has 0 bridgehead atoms. The molecule has 0 atom stereocenters. The number of benzene rings is 2. The van der Waals surface area contributed by atoms with Crippen molar-refractivity contribution in [3.63, 3.8) is 0 Å². The highest BCUT2D eigenvalue weighted by molar-refractivity contribution is 6.09. The average molecular weight is 296 g/mol. The van der Waals surface area contributed by atoms with Crippen molar-refractivity contribution in [2.75, 3.05) is 0 Å². The number of hydrogen-bond acceptors (Lipinski definition) is 5. The fraction of sp³-hybridized carbons (Fsp3) is 0.118. The third kappa shape index (κ3) is 4.02. The second kappa shape index (κ2) is 6.67. The molecule has 0 heterocycles. The zero-order chi connectivity index (χ0) is 16.1. The van der Waals surface area contributed by atoms with Gasteiger partial charge in [-0.2, -0.15) is 0 Å². The molecular formula is C17H12O5-2. The number of carboxylic acids is 2. The van der Waals surface area contributed by atoms with Crippen LogP contribution in [0.5, 0.6) is 0 Å². The minimum absolute atomic E-state index is 0.237. The maximum atomic E-state index is 12.4. The molecule has 0 radical (unpaired) electrons. The molecule has 2 aromatic rings. The molecule has 112 valence electrons. The van der Waals surface area contributed by atoms with Gasteiger partial charge >= 0.3 is 0 Å². The number of ketones is 1. The van der Waals surface area contributed by atoms with Gasteiger partial charge in [-0.1, -0.05) is 36.4 Å². The second-order valence-corrected chi connectivity index (χ2v) is 4.83. The van der Waals surface area contributed by atoms with Crippen molar-refractivity contribution in [2.45, 2.75) is 12.8 Å². The zero-order valence-electron chi connectivity index (χ0n) is 11.6.